The first kappa shape index (κ1) is 12.6. The van der Waals surface area contributed by atoms with Crippen molar-refractivity contribution in [1.29, 1.82) is 0 Å². The van der Waals surface area contributed by atoms with Crippen molar-refractivity contribution in [2.24, 2.45) is 0 Å². The van der Waals surface area contributed by atoms with Crippen LogP contribution in [0.2, 0.25) is 0 Å². The Kier molecular flexibility index (Phi) is 3.29. The number of alkyl halides is 3. The van der Waals surface area contributed by atoms with Crippen molar-refractivity contribution < 1.29 is 32.3 Å². The van der Waals surface area contributed by atoms with Crippen molar-refractivity contribution in [1.82, 2.24) is 0 Å². The molecular formula is C7H6BF4NO3. The molecular weight excluding hydrogens is 233 g/mol. The molecule has 1 rings (SSSR count). The molecule has 4 N–H and O–H groups in total. The minimum absolute atomic E-state index is 0.475. The summed E-state index contributed by atoms with van der Waals surface area (Å²) in [7, 11) is -2.25. The van der Waals surface area contributed by atoms with Gasteiger partial charge in [-0.1, -0.05) is 0 Å². The highest BCUT2D eigenvalue weighted by Crippen LogP contribution is 2.27. The maximum atomic E-state index is 13.0. The molecule has 88 valence electrons. The van der Waals surface area contributed by atoms with Gasteiger partial charge >= 0.3 is 13.5 Å². The lowest BCUT2D eigenvalue weighted by molar-refractivity contribution is -0.274. The van der Waals surface area contributed by atoms with Gasteiger partial charge in [-0.15, -0.1) is 13.2 Å². The minimum atomic E-state index is -5.00. The Bertz CT molecular complexity index is 396. The maximum Gasteiger partial charge on any atom is 0.573 e. The summed E-state index contributed by atoms with van der Waals surface area (Å²) >= 11 is 0. The Labute approximate surface area is 87.4 Å². The zero-order chi connectivity index (χ0) is 12.5. The number of nitrogens with two attached hydrogens (primary N) is 1. The third kappa shape index (κ3) is 3.01. The van der Waals surface area contributed by atoms with Gasteiger partial charge in [0.25, 0.3) is 0 Å². The predicted octanol–water partition coefficient (Wildman–Crippen LogP) is -0.0137. The highest BCUT2D eigenvalue weighted by atomic mass is 19.4. The van der Waals surface area contributed by atoms with Crippen LogP contribution in [-0.4, -0.2) is 23.5 Å². The zero-order valence-electron chi connectivity index (χ0n) is 7.62. The molecule has 1 aromatic rings. The van der Waals surface area contributed by atoms with Gasteiger partial charge in [-0.05, 0) is 6.07 Å². The molecule has 0 atom stereocenters. The Hall–Kier alpha value is -1.48. The first-order valence-corrected chi connectivity index (χ1v) is 3.91. The first-order chi connectivity index (χ1) is 7.20. The molecule has 1 aromatic carbocycles. The van der Waals surface area contributed by atoms with Crippen LogP contribution in [0.1, 0.15) is 0 Å². The van der Waals surface area contributed by atoms with Crippen LogP contribution in [0, 0.1) is 5.82 Å². The third-order valence-corrected chi connectivity index (χ3v) is 1.63. The van der Waals surface area contributed by atoms with E-state index in [1.165, 1.54) is 0 Å². The van der Waals surface area contributed by atoms with Crippen molar-refractivity contribution in [2.45, 2.75) is 6.36 Å². The van der Waals surface area contributed by atoms with Crippen LogP contribution in [0.5, 0.6) is 5.75 Å². The molecule has 0 fully saturated rings. The lowest BCUT2D eigenvalue weighted by atomic mass is 9.79. The molecule has 0 aromatic heterocycles. The van der Waals surface area contributed by atoms with Crippen LogP contribution in [-0.2, 0) is 0 Å². The van der Waals surface area contributed by atoms with Crippen LogP contribution < -0.4 is 15.9 Å². The van der Waals surface area contributed by atoms with Gasteiger partial charge in [-0.25, -0.2) is 4.39 Å². The van der Waals surface area contributed by atoms with E-state index < -0.39 is 36.2 Å². The molecule has 0 aliphatic rings. The molecule has 0 aliphatic heterocycles. The second-order valence-electron chi connectivity index (χ2n) is 2.83. The summed E-state index contributed by atoms with van der Waals surface area (Å²) in [5.74, 6) is -2.03. The quantitative estimate of drug-likeness (QED) is 0.385. The number of hydrogen-bond donors (Lipinski definition) is 3. The van der Waals surface area contributed by atoms with Gasteiger partial charge < -0.3 is 20.5 Å². The van der Waals surface area contributed by atoms with Crippen LogP contribution in [0.25, 0.3) is 0 Å². The first-order valence-electron chi connectivity index (χ1n) is 3.91. The fourth-order valence-corrected chi connectivity index (χ4v) is 0.995. The van der Waals surface area contributed by atoms with E-state index in [-0.39, 0.29) is 0 Å². The molecule has 0 unspecified atom stereocenters. The van der Waals surface area contributed by atoms with Crippen molar-refractivity contribution >= 4 is 18.3 Å². The standard InChI is InChI=1S/C7H6BF4NO3/c9-4-2-5(13)6(16-7(10,11)12)1-3(4)8(14)15/h1-2,14-15H,13H2. The molecule has 9 heteroatoms. The predicted molar refractivity (Wildman–Crippen MR) is 47.3 cm³/mol. The Morgan fingerprint density at radius 2 is 1.81 bits per heavy atom. The molecule has 0 bridgehead atoms. The number of rotatable bonds is 2. The monoisotopic (exact) mass is 239 g/mol. The van der Waals surface area contributed by atoms with Gasteiger partial charge in [0, 0.05) is 11.5 Å². The van der Waals surface area contributed by atoms with E-state index in [1.54, 1.807) is 0 Å². The van der Waals surface area contributed by atoms with Gasteiger partial charge in [-0.2, -0.15) is 0 Å². The molecule has 0 amide bonds. The zero-order valence-corrected chi connectivity index (χ0v) is 7.62. The van der Waals surface area contributed by atoms with Crippen molar-refractivity contribution in [3.63, 3.8) is 0 Å². The molecule has 4 nitrogen and oxygen atoms in total. The van der Waals surface area contributed by atoms with Gasteiger partial charge in [0.1, 0.15) is 5.82 Å². The number of ether oxygens (including phenoxy) is 1. The summed E-state index contributed by atoms with van der Waals surface area (Å²) in [4.78, 5) is 0. The molecule has 0 heterocycles. The van der Waals surface area contributed by atoms with E-state index in [1.807, 2.05) is 0 Å². The molecule has 0 aliphatic carbocycles. The summed E-state index contributed by atoms with van der Waals surface area (Å²) in [5.41, 5.74) is 3.72. The average Bonchev–Trinajstić information content (AvgIpc) is 2.07. The average molecular weight is 239 g/mol. The van der Waals surface area contributed by atoms with Gasteiger partial charge in [0.2, 0.25) is 0 Å². The van der Waals surface area contributed by atoms with Crippen LogP contribution in [0.3, 0.4) is 0 Å². The largest absolute Gasteiger partial charge is 0.573 e. The van der Waals surface area contributed by atoms with Crippen LogP contribution >= 0.6 is 0 Å². The number of benzene rings is 1. The summed E-state index contributed by atoms with van der Waals surface area (Å²) in [6.07, 6.45) is -5.00. The summed E-state index contributed by atoms with van der Waals surface area (Å²) in [5, 5.41) is 17.3. The maximum absolute atomic E-state index is 13.0. The van der Waals surface area contributed by atoms with Crippen molar-refractivity contribution in [2.75, 3.05) is 5.73 Å². The number of anilines is 1. The molecule has 0 saturated heterocycles. The SMILES string of the molecule is Nc1cc(F)c(B(O)O)cc1OC(F)(F)F. The highest BCUT2D eigenvalue weighted by Gasteiger charge is 2.33. The fourth-order valence-electron chi connectivity index (χ4n) is 0.995. The molecule has 0 radical (unpaired) electrons. The second kappa shape index (κ2) is 4.18. The van der Waals surface area contributed by atoms with E-state index in [0.717, 1.165) is 0 Å². The van der Waals surface area contributed by atoms with Crippen LogP contribution in [0.4, 0.5) is 23.2 Å². The normalized spacial score (nSPS) is 11.4. The Balaban J connectivity index is 3.15. The topological polar surface area (TPSA) is 75.7 Å². The smallest absolute Gasteiger partial charge is 0.423 e. The Morgan fingerprint density at radius 3 is 2.25 bits per heavy atom. The molecule has 0 saturated carbocycles. The van der Waals surface area contributed by atoms with Crippen LogP contribution in [0.15, 0.2) is 12.1 Å². The van der Waals surface area contributed by atoms with Gasteiger partial charge in [0.15, 0.2) is 5.75 Å². The lowest BCUT2D eigenvalue weighted by Crippen LogP contribution is -2.33. The summed E-state index contributed by atoms with van der Waals surface area (Å²) in [6.45, 7) is 0. The van der Waals surface area contributed by atoms with E-state index in [2.05, 4.69) is 4.74 Å². The van der Waals surface area contributed by atoms with E-state index in [9.17, 15) is 17.6 Å². The second-order valence-corrected chi connectivity index (χ2v) is 2.83. The fraction of sp³-hybridized carbons (Fsp3) is 0.143. The number of hydrogen-bond acceptors (Lipinski definition) is 4. The minimum Gasteiger partial charge on any atom is -0.423 e. The van der Waals surface area contributed by atoms with E-state index in [0.29, 0.717) is 12.1 Å². The van der Waals surface area contributed by atoms with Gasteiger partial charge in [-0.3, -0.25) is 0 Å². The highest BCUT2D eigenvalue weighted by molar-refractivity contribution is 6.58. The van der Waals surface area contributed by atoms with Crippen molar-refractivity contribution in [3.05, 3.63) is 17.9 Å². The molecule has 16 heavy (non-hydrogen) atoms. The summed E-state index contributed by atoms with van der Waals surface area (Å²) < 4.78 is 52.0. The Morgan fingerprint density at radius 1 is 1.25 bits per heavy atom. The lowest BCUT2D eigenvalue weighted by Gasteiger charge is -2.12. The van der Waals surface area contributed by atoms with Gasteiger partial charge in [0.05, 0.1) is 5.69 Å². The third-order valence-electron chi connectivity index (χ3n) is 1.63. The molecule has 0 spiro atoms. The van der Waals surface area contributed by atoms with E-state index >= 15 is 0 Å². The summed E-state index contributed by atoms with van der Waals surface area (Å²) in [6, 6.07) is 0.985. The van der Waals surface area contributed by atoms with E-state index in [4.69, 9.17) is 15.8 Å². The number of halogens is 4. The van der Waals surface area contributed by atoms with Crippen molar-refractivity contribution in [3.8, 4) is 5.75 Å². The number of nitrogen functional groups attached to an aromatic ring is 1.